The monoisotopic (exact) mass is 373 g/mol. The van der Waals surface area contributed by atoms with Crippen molar-refractivity contribution in [3.8, 4) is 0 Å². The van der Waals surface area contributed by atoms with Gasteiger partial charge in [-0.2, -0.15) is 0 Å². The first-order valence-corrected chi connectivity index (χ1v) is 10.1. The molecule has 0 aliphatic carbocycles. The molecule has 3 heterocycles. The number of fused-ring (bicyclic) bond motifs is 1. The third-order valence-corrected chi connectivity index (χ3v) is 4.79. The minimum Gasteiger partial charge on any atom is -0.357 e. The first-order valence-electron chi connectivity index (χ1n) is 10.1. The van der Waals surface area contributed by atoms with E-state index in [1.165, 1.54) is 19.3 Å². The predicted molar refractivity (Wildman–Crippen MR) is 105 cm³/mol. The molecule has 2 N–H and O–H groups in total. The van der Waals surface area contributed by atoms with Crippen molar-refractivity contribution >= 4 is 5.96 Å². The van der Waals surface area contributed by atoms with E-state index in [0.29, 0.717) is 6.54 Å². The van der Waals surface area contributed by atoms with E-state index in [0.717, 1.165) is 68.9 Å². The van der Waals surface area contributed by atoms with E-state index in [2.05, 4.69) is 54.0 Å². The molecule has 0 amide bonds. The molecular weight excluding hydrogens is 342 g/mol. The summed E-state index contributed by atoms with van der Waals surface area (Å²) in [6, 6.07) is 0. The Morgan fingerprint density at radius 2 is 2.04 bits per heavy atom. The topological polar surface area (TPSA) is 97.8 Å². The number of aromatic nitrogens is 6. The molecule has 2 aromatic heterocycles. The lowest BCUT2D eigenvalue weighted by molar-refractivity contribution is 0.603. The van der Waals surface area contributed by atoms with Gasteiger partial charge in [0.25, 0.3) is 0 Å². The fourth-order valence-corrected chi connectivity index (χ4v) is 3.37. The second-order valence-electron chi connectivity index (χ2n) is 6.73. The van der Waals surface area contributed by atoms with Crippen LogP contribution in [-0.2, 0) is 32.4 Å². The molecule has 0 saturated heterocycles. The van der Waals surface area contributed by atoms with E-state index in [9.17, 15) is 0 Å². The van der Waals surface area contributed by atoms with Gasteiger partial charge in [0.2, 0.25) is 0 Å². The molecule has 0 fully saturated rings. The Morgan fingerprint density at radius 3 is 2.89 bits per heavy atom. The zero-order valence-corrected chi connectivity index (χ0v) is 16.5. The van der Waals surface area contributed by atoms with Gasteiger partial charge in [0.15, 0.2) is 5.96 Å². The van der Waals surface area contributed by atoms with Crippen molar-refractivity contribution in [2.45, 2.75) is 65.5 Å². The summed E-state index contributed by atoms with van der Waals surface area (Å²) in [7, 11) is 0. The second kappa shape index (κ2) is 10.0. The third-order valence-electron chi connectivity index (χ3n) is 4.79. The van der Waals surface area contributed by atoms with Gasteiger partial charge in [-0.1, -0.05) is 13.3 Å². The van der Waals surface area contributed by atoms with Gasteiger partial charge in [-0.3, -0.25) is 4.99 Å². The summed E-state index contributed by atoms with van der Waals surface area (Å²) in [5.41, 5.74) is 0. The number of aliphatic imine (C=N–C) groups is 1. The molecule has 2 aromatic rings. The first-order chi connectivity index (χ1) is 13.3. The Hall–Kier alpha value is -2.45. The lowest BCUT2D eigenvalue weighted by Crippen LogP contribution is -2.39. The van der Waals surface area contributed by atoms with Crippen molar-refractivity contribution in [1.82, 2.24) is 40.2 Å². The average Bonchev–Trinajstić information content (AvgIpc) is 3.21. The number of rotatable bonds is 8. The smallest absolute Gasteiger partial charge is 0.191 e. The standard InChI is InChI=1S/C18H31N9/c1-3-15-23-22-14-26(15)13-11-21-18(19-4-2)20-10-9-17-25-24-16-8-6-5-7-12-27(16)17/h14H,3-13H2,1-2H3,(H2,19,20,21). The highest BCUT2D eigenvalue weighted by Gasteiger charge is 2.14. The highest BCUT2D eigenvalue weighted by molar-refractivity contribution is 5.79. The van der Waals surface area contributed by atoms with Crippen molar-refractivity contribution in [1.29, 1.82) is 0 Å². The van der Waals surface area contributed by atoms with E-state index in [1.807, 2.05) is 0 Å². The summed E-state index contributed by atoms with van der Waals surface area (Å²) in [6.07, 6.45) is 8.24. The molecule has 9 nitrogen and oxygen atoms in total. The fourth-order valence-electron chi connectivity index (χ4n) is 3.37. The molecule has 1 aliphatic heterocycles. The highest BCUT2D eigenvalue weighted by Crippen LogP contribution is 2.14. The SMILES string of the molecule is CCNC(=NCCc1nnc2n1CCCCC2)NCCn1cnnc1CC. The van der Waals surface area contributed by atoms with Gasteiger partial charge in [0.05, 0.1) is 0 Å². The van der Waals surface area contributed by atoms with Gasteiger partial charge in [-0.25, -0.2) is 0 Å². The van der Waals surface area contributed by atoms with E-state index in [1.54, 1.807) is 6.33 Å². The lowest BCUT2D eigenvalue weighted by atomic mass is 10.2. The maximum absolute atomic E-state index is 4.69. The molecule has 0 bridgehead atoms. The van der Waals surface area contributed by atoms with Gasteiger partial charge >= 0.3 is 0 Å². The van der Waals surface area contributed by atoms with Gasteiger partial charge in [0.1, 0.15) is 23.8 Å². The van der Waals surface area contributed by atoms with Crippen molar-refractivity contribution in [3.05, 3.63) is 23.8 Å². The van der Waals surface area contributed by atoms with Crippen molar-refractivity contribution in [3.63, 3.8) is 0 Å². The molecule has 0 saturated carbocycles. The van der Waals surface area contributed by atoms with E-state index in [-0.39, 0.29) is 0 Å². The highest BCUT2D eigenvalue weighted by atomic mass is 15.3. The van der Waals surface area contributed by atoms with Crippen LogP contribution < -0.4 is 10.6 Å². The Balaban J connectivity index is 1.51. The quantitative estimate of drug-likeness (QED) is 0.528. The summed E-state index contributed by atoms with van der Waals surface area (Å²) in [5.74, 6) is 4.03. The molecule has 1 aliphatic rings. The van der Waals surface area contributed by atoms with Crippen LogP contribution >= 0.6 is 0 Å². The average molecular weight is 374 g/mol. The minimum absolute atomic E-state index is 0.695. The fraction of sp³-hybridized carbons (Fsp3) is 0.722. The normalized spacial score (nSPS) is 14.7. The summed E-state index contributed by atoms with van der Waals surface area (Å²) in [4.78, 5) is 4.69. The summed E-state index contributed by atoms with van der Waals surface area (Å²) in [6.45, 7) is 8.32. The van der Waals surface area contributed by atoms with Gasteiger partial charge in [0, 0.05) is 52.0 Å². The van der Waals surface area contributed by atoms with Gasteiger partial charge in [-0.05, 0) is 19.8 Å². The maximum Gasteiger partial charge on any atom is 0.191 e. The van der Waals surface area contributed by atoms with E-state index < -0.39 is 0 Å². The Kier molecular flexibility index (Phi) is 7.18. The number of hydrogen-bond acceptors (Lipinski definition) is 5. The van der Waals surface area contributed by atoms with Crippen molar-refractivity contribution in [2.24, 2.45) is 4.99 Å². The molecule has 9 heteroatoms. The molecule has 0 aromatic carbocycles. The Labute approximate surface area is 160 Å². The molecule has 0 radical (unpaired) electrons. The number of aryl methyl sites for hydroxylation is 2. The second-order valence-corrected chi connectivity index (χ2v) is 6.73. The zero-order valence-electron chi connectivity index (χ0n) is 16.5. The van der Waals surface area contributed by atoms with Crippen LogP contribution in [0.25, 0.3) is 0 Å². The zero-order chi connectivity index (χ0) is 18.9. The molecule has 0 unspecified atom stereocenters. The minimum atomic E-state index is 0.695. The largest absolute Gasteiger partial charge is 0.357 e. The number of nitrogens with zero attached hydrogens (tertiary/aromatic N) is 7. The third kappa shape index (κ3) is 5.27. The number of nitrogens with one attached hydrogen (secondary N) is 2. The lowest BCUT2D eigenvalue weighted by Gasteiger charge is -2.12. The molecule has 3 rings (SSSR count). The van der Waals surface area contributed by atoms with Crippen LogP contribution in [0.5, 0.6) is 0 Å². The molecule has 148 valence electrons. The summed E-state index contributed by atoms with van der Waals surface area (Å²) < 4.78 is 4.36. The molecule has 0 spiro atoms. The number of guanidine groups is 1. The van der Waals surface area contributed by atoms with Crippen molar-refractivity contribution < 1.29 is 0 Å². The molecular formula is C18H31N9. The summed E-state index contributed by atoms with van der Waals surface area (Å²) >= 11 is 0. The van der Waals surface area contributed by atoms with Crippen LogP contribution in [0.1, 0.15) is 50.6 Å². The van der Waals surface area contributed by atoms with Crippen LogP contribution in [0.15, 0.2) is 11.3 Å². The summed E-state index contributed by atoms with van der Waals surface area (Å²) in [5, 5.41) is 23.5. The molecule has 27 heavy (non-hydrogen) atoms. The van der Waals surface area contributed by atoms with Crippen LogP contribution in [0.2, 0.25) is 0 Å². The number of hydrogen-bond donors (Lipinski definition) is 2. The van der Waals surface area contributed by atoms with Crippen LogP contribution in [0, 0.1) is 0 Å². The Morgan fingerprint density at radius 1 is 1.11 bits per heavy atom. The van der Waals surface area contributed by atoms with Crippen LogP contribution in [0.4, 0.5) is 0 Å². The van der Waals surface area contributed by atoms with Crippen LogP contribution in [-0.4, -0.2) is 55.1 Å². The van der Waals surface area contributed by atoms with E-state index >= 15 is 0 Å². The Bertz CT molecular complexity index is 731. The maximum atomic E-state index is 4.69. The van der Waals surface area contributed by atoms with Gasteiger partial charge in [-0.15, -0.1) is 20.4 Å². The predicted octanol–water partition coefficient (Wildman–Crippen LogP) is 0.956. The first kappa shape index (κ1) is 19.3. The van der Waals surface area contributed by atoms with Gasteiger partial charge < -0.3 is 19.8 Å². The molecule has 0 atom stereocenters. The van der Waals surface area contributed by atoms with Crippen LogP contribution in [0.3, 0.4) is 0 Å². The van der Waals surface area contributed by atoms with Crippen molar-refractivity contribution in [2.75, 3.05) is 19.6 Å². The van der Waals surface area contributed by atoms with E-state index in [4.69, 9.17) is 4.99 Å².